The lowest BCUT2D eigenvalue weighted by Crippen LogP contribution is -2.29. The monoisotopic (exact) mass is 465 g/mol. The summed E-state index contributed by atoms with van der Waals surface area (Å²) in [5.74, 6) is 0.466. The molecule has 0 N–H and O–H groups in total. The number of sulfonamides is 1. The number of halogens is 2. The van der Waals surface area contributed by atoms with Crippen LogP contribution in [-0.2, 0) is 15.8 Å². The van der Waals surface area contributed by atoms with E-state index in [2.05, 4.69) is 0 Å². The number of rotatable bonds is 10. The predicted molar refractivity (Wildman–Crippen MR) is 117 cm³/mol. The number of nitrogens with zero attached hydrogens (tertiary/aromatic N) is 3. The first-order valence-electron chi connectivity index (χ1n) is 8.37. The van der Waals surface area contributed by atoms with Crippen LogP contribution < -0.4 is 9.21 Å². The van der Waals surface area contributed by atoms with Crippen LogP contribution in [-0.4, -0.2) is 45.2 Å². The Hall–Kier alpha value is -1.55. The van der Waals surface area contributed by atoms with E-state index in [-0.39, 0.29) is 10.6 Å². The second-order valence-electron chi connectivity index (χ2n) is 6.05. The van der Waals surface area contributed by atoms with Gasteiger partial charge in [0, 0.05) is 42.5 Å². The molecule has 0 bridgehead atoms. The fraction of sp³-hybridized carbons (Fsp3) is 0.412. The van der Waals surface area contributed by atoms with Crippen molar-refractivity contribution in [1.82, 2.24) is 0 Å². The second-order valence-corrected chi connectivity index (χ2v) is 10.0. The highest BCUT2D eigenvalue weighted by Crippen LogP contribution is 2.32. The SMILES string of the molecule is Cc1cc(CS(=O)(=O)N(C)c2ccc(N(CCCl)CCCl)cc2)c([N+](=O)[O-])s1. The molecule has 1 aromatic carbocycles. The summed E-state index contributed by atoms with van der Waals surface area (Å²) < 4.78 is 26.7. The van der Waals surface area contributed by atoms with Gasteiger partial charge in [-0.2, -0.15) is 0 Å². The lowest BCUT2D eigenvalue weighted by atomic mass is 10.2. The van der Waals surface area contributed by atoms with Gasteiger partial charge in [0.05, 0.1) is 16.2 Å². The Kier molecular flexibility index (Phi) is 7.94. The predicted octanol–water partition coefficient (Wildman–Crippen LogP) is 4.21. The van der Waals surface area contributed by atoms with Crippen molar-refractivity contribution >= 4 is 60.9 Å². The first-order chi connectivity index (χ1) is 13.2. The Morgan fingerprint density at radius 1 is 1.11 bits per heavy atom. The zero-order chi connectivity index (χ0) is 20.9. The summed E-state index contributed by atoms with van der Waals surface area (Å²) in [6.07, 6.45) is 0. The largest absolute Gasteiger partial charge is 0.369 e. The summed E-state index contributed by atoms with van der Waals surface area (Å²) in [6, 6.07) is 8.54. The van der Waals surface area contributed by atoms with Crippen LogP contribution in [0.3, 0.4) is 0 Å². The van der Waals surface area contributed by atoms with E-state index in [1.165, 1.54) is 7.05 Å². The Bertz CT molecular complexity index is 911. The zero-order valence-electron chi connectivity index (χ0n) is 15.5. The van der Waals surface area contributed by atoms with E-state index < -0.39 is 20.7 Å². The zero-order valence-corrected chi connectivity index (χ0v) is 18.6. The van der Waals surface area contributed by atoms with Crippen LogP contribution in [0.2, 0.25) is 0 Å². The molecule has 154 valence electrons. The van der Waals surface area contributed by atoms with Gasteiger partial charge in [0.25, 0.3) is 0 Å². The van der Waals surface area contributed by atoms with Gasteiger partial charge in [-0.3, -0.25) is 14.4 Å². The van der Waals surface area contributed by atoms with Gasteiger partial charge < -0.3 is 4.90 Å². The van der Waals surface area contributed by atoms with Crippen molar-refractivity contribution in [3.05, 3.63) is 50.9 Å². The molecule has 0 fully saturated rings. The Balaban J connectivity index is 2.22. The maximum atomic E-state index is 12.8. The van der Waals surface area contributed by atoms with Crippen molar-refractivity contribution in [2.24, 2.45) is 0 Å². The van der Waals surface area contributed by atoms with Crippen LogP contribution in [0.25, 0.3) is 0 Å². The van der Waals surface area contributed by atoms with Crippen molar-refractivity contribution in [3.8, 4) is 0 Å². The average molecular weight is 466 g/mol. The standard InChI is InChI=1S/C17H21Cl2N3O4S2/c1-13-11-14(17(27-13)22(23)24)12-28(25,26)20(2)15-3-5-16(6-4-15)21(9-7-18)10-8-19/h3-6,11H,7-10,12H2,1-2H3. The molecule has 1 heterocycles. The Labute approximate surface area is 178 Å². The van der Waals surface area contributed by atoms with E-state index >= 15 is 0 Å². The molecule has 0 radical (unpaired) electrons. The minimum Gasteiger partial charge on any atom is -0.369 e. The normalized spacial score (nSPS) is 11.4. The number of alkyl halides is 2. The third kappa shape index (κ3) is 5.50. The molecule has 1 aromatic heterocycles. The molecule has 0 aliphatic carbocycles. The number of aryl methyl sites for hydroxylation is 1. The fourth-order valence-corrected chi connectivity index (χ4v) is 5.31. The van der Waals surface area contributed by atoms with Crippen LogP contribution in [0.15, 0.2) is 30.3 Å². The van der Waals surface area contributed by atoms with E-state index in [1.54, 1.807) is 37.3 Å². The maximum Gasteiger partial charge on any atom is 0.328 e. The highest BCUT2D eigenvalue weighted by molar-refractivity contribution is 7.92. The number of anilines is 2. The molecule has 0 saturated carbocycles. The lowest BCUT2D eigenvalue weighted by Gasteiger charge is -2.24. The molecule has 28 heavy (non-hydrogen) atoms. The number of nitro groups is 1. The van der Waals surface area contributed by atoms with Crippen LogP contribution in [0.4, 0.5) is 16.4 Å². The third-order valence-corrected chi connectivity index (χ3v) is 7.22. The average Bonchev–Trinajstić information content (AvgIpc) is 3.01. The quantitative estimate of drug-likeness (QED) is 0.298. The lowest BCUT2D eigenvalue weighted by molar-refractivity contribution is -0.380. The summed E-state index contributed by atoms with van der Waals surface area (Å²) in [5, 5.41) is 11.0. The number of benzene rings is 1. The molecule has 0 aliphatic heterocycles. The van der Waals surface area contributed by atoms with Crippen LogP contribution >= 0.6 is 34.5 Å². The van der Waals surface area contributed by atoms with Crippen LogP contribution in [0.1, 0.15) is 10.4 Å². The van der Waals surface area contributed by atoms with E-state index in [1.807, 2.05) is 4.90 Å². The third-order valence-electron chi connectivity index (χ3n) is 4.12. The van der Waals surface area contributed by atoms with Crippen molar-refractivity contribution in [3.63, 3.8) is 0 Å². The molecule has 0 atom stereocenters. The minimum absolute atomic E-state index is 0.136. The van der Waals surface area contributed by atoms with Gasteiger partial charge in [-0.15, -0.1) is 23.2 Å². The molecule has 0 aliphatic rings. The van der Waals surface area contributed by atoms with Crippen LogP contribution in [0.5, 0.6) is 0 Å². The summed E-state index contributed by atoms with van der Waals surface area (Å²) in [5.41, 5.74) is 1.56. The molecular weight excluding hydrogens is 445 g/mol. The summed E-state index contributed by atoms with van der Waals surface area (Å²) >= 11 is 12.6. The van der Waals surface area contributed by atoms with Gasteiger partial charge in [0.15, 0.2) is 0 Å². The van der Waals surface area contributed by atoms with Crippen molar-refractivity contribution in [2.75, 3.05) is 41.1 Å². The fourth-order valence-electron chi connectivity index (χ4n) is 2.71. The van der Waals surface area contributed by atoms with Crippen molar-refractivity contribution < 1.29 is 13.3 Å². The van der Waals surface area contributed by atoms with Crippen molar-refractivity contribution in [2.45, 2.75) is 12.7 Å². The minimum atomic E-state index is -3.78. The number of hydrogen-bond acceptors (Lipinski definition) is 6. The van der Waals surface area contributed by atoms with Crippen molar-refractivity contribution in [1.29, 1.82) is 0 Å². The molecule has 7 nitrogen and oxygen atoms in total. The molecule has 0 saturated heterocycles. The van der Waals surface area contributed by atoms with E-state index in [0.717, 1.165) is 21.3 Å². The van der Waals surface area contributed by atoms with Crippen LogP contribution in [0, 0.1) is 17.0 Å². The molecular formula is C17H21Cl2N3O4S2. The maximum absolute atomic E-state index is 12.8. The van der Waals surface area contributed by atoms with Gasteiger partial charge in [-0.05, 0) is 37.3 Å². The Morgan fingerprint density at radius 2 is 1.64 bits per heavy atom. The highest BCUT2D eigenvalue weighted by Gasteiger charge is 2.26. The van der Waals surface area contributed by atoms with E-state index in [4.69, 9.17) is 23.2 Å². The summed E-state index contributed by atoms with van der Waals surface area (Å²) in [4.78, 5) is 13.3. The topological polar surface area (TPSA) is 83.8 Å². The number of hydrogen-bond donors (Lipinski definition) is 0. The molecule has 0 spiro atoms. The van der Waals surface area contributed by atoms with Gasteiger partial charge in [0.2, 0.25) is 10.0 Å². The highest BCUT2D eigenvalue weighted by atomic mass is 35.5. The van der Waals surface area contributed by atoms with Gasteiger partial charge in [-0.25, -0.2) is 8.42 Å². The first-order valence-corrected chi connectivity index (χ1v) is 11.9. The molecule has 0 unspecified atom stereocenters. The smallest absolute Gasteiger partial charge is 0.328 e. The Morgan fingerprint density at radius 3 is 2.14 bits per heavy atom. The summed E-state index contributed by atoms with van der Waals surface area (Å²) in [7, 11) is -2.35. The van der Waals surface area contributed by atoms with Gasteiger partial charge in [-0.1, -0.05) is 11.3 Å². The molecule has 11 heteroatoms. The first kappa shape index (κ1) is 22.7. The molecule has 2 rings (SSSR count). The molecule has 2 aromatic rings. The van der Waals surface area contributed by atoms with E-state index in [9.17, 15) is 18.5 Å². The number of thiophene rings is 1. The van der Waals surface area contributed by atoms with Gasteiger partial charge >= 0.3 is 5.00 Å². The van der Waals surface area contributed by atoms with Gasteiger partial charge in [0.1, 0.15) is 5.75 Å². The molecule has 0 amide bonds. The summed E-state index contributed by atoms with van der Waals surface area (Å²) in [6.45, 7) is 2.97. The van der Waals surface area contributed by atoms with E-state index in [0.29, 0.717) is 35.4 Å². The second kappa shape index (κ2) is 9.78.